The third kappa shape index (κ3) is 3.13. The molecular formula is C21H27F2N5O. The molecule has 0 aromatic carbocycles. The summed E-state index contributed by atoms with van der Waals surface area (Å²) in [4.78, 5) is 6.55. The van der Waals surface area contributed by atoms with Crippen molar-refractivity contribution >= 4 is 5.82 Å². The molecule has 29 heavy (non-hydrogen) atoms. The average Bonchev–Trinajstić information content (AvgIpc) is 2.96. The predicted octanol–water partition coefficient (Wildman–Crippen LogP) is 3.26. The van der Waals surface area contributed by atoms with Gasteiger partial charge in [0, 0.05) is 49.4 Å². The SMILES string of the molecule is CC(C)n1nc(-c2cnc(N)c(C(C)(F)F)c2)cc1C1C2CN(C3COC3)C[C@@H]21. The third-order valence-corrected chi connectivity index (χ3v) is 6.64. The van der Waals surface area contributed by atoms with Gasteiger partial charge in [0.15, 0.2) is 0 Å². The molecule has 0 bridgehead atoms. The van der Waals surface area contributed by atoms with Crippen molar-refractivity contribution in [3.05, 3.63) is 29.6 Å². The number of hydrogen-bond donors (Lipinski definition) is 1. The average molecular weight is 403 g/mol. The molecular weight excluding hydrogens is 376 g/mol. The highest BCUT2D eigenvalue weighted by atomic mass is 19.3. The highest BCUT2D eigenvalue weighted by Crippen LogP contribution is 2.59. The summed E-state index contributed by atoms with van der Waals surface area (Å²) < 4.78 is 35.2. The van der Waals surface area contributed by atoms with Gasteiger partial charge < -0.3 is 10.5 Å². The molecule has 3 fully saturated rings. The van der Waals surface area contributed by atoms with Gasteiger partial charge in [0.25, 0.3) is 5.92 Å². The Balaban J connectivity index is 1.43. The van der Waals surface area contributed by atoms with Crippen molar-refractivity contribution in [3.63, 3.8) is 0 Å². The van der Waals surface area contributed by atoms with Crippen molar-refractivity contribution in [2.45, 2.75) is 44.7 Å². The fraction of sp³-hybridized carbons (Fsp3) is 0.619. The van der Waals surface area contributed by atoms with Crippen LogP contribution in [0, 0.1) is 11.8 Å². The van der Waals surface area contributed by atoms with E-state index in [1.807, 2.05) is 0 Å². The van der Waals surface area contributed by atoms with Crippen LogP contribution in [-0.2, 0) is 10.7 Å². The summed E-state index contributed by atoms with van der Waals surface area (Å²) in [5.41, 5.74) is 7.89. The Bertz CT molecular complexity index is 922. The molecule has 8 heteroatoms. The standard InChI is InChI=1S/C21H27F2N5O/c1-11(2)28-18(19-14-7-27(8-15(14)19)13-9-29-10-13)5-17(26-28)12-4-16(21(3,22)23)20(24)25-6-12/h4-6,11,13-15,19H,7-10H2,1-3H3,(H2,24,25)/t14-,15?,19?/m0/s1. The van der Waals surface area contributed by atoms with Gasteiger partial charge in [0.2, 0.25) is 0 Å². The first kappa shape index (κ1) is 18.9. The maximum absolute atomic E-state index is 13.9. The summed E-state index contributed by atoms with van der Waals surface area (Å²) >= 11 is 0. The number of aromatic nitrogens is 3. The van der Waals surface area contributed by atoms with Crippen LogP contribution in [0.3, 0.4) is 0 Å². The maximum Gasteiger partial charge on any atom is 0.274 e. The lowest BCUT2D eigenvalue weighted by Crippen LogP contribution is -2.48. The molecule has 2 aromatic rings. The molecule has 0 amide bonds. The van der Waals surface area contributed by atoms with Crippen LogP contribution < -0.4 is 5.73 Å². The summed E-state index contributed by atoms with van der Waals surface area (Å²) in [6.45, 7) is 8.97. The minimum absolute atomic E-state index is 0.137. The molecule has 2 unspecified atom stereocenters. The fourth-order valence-electron chi connectivity index (χ4n) is 4.91. The van der Waals surface area contributed by atoms with Crippen molar-refractivity contribution in [1.29, 1.82) is 0 Å². The second-order valence-corrected chi connectivity index (χ2v) is 9.04. The van der Waals surface area contributed by atoms with Crippen LogP contribution in [0.25, 0.3) is 11.3 Å². The Morgan fingerprint density at radius 3 is 2.45 bits per heavy atom. The quantitative estimate of drug-likeness (QED) is 0.830. The van der Waals surface area contributed by atoms with Crippen LogP contribution in [-0.4, -0.2) is 52.0 Å². The smallest absolute Gasteiger partial charge is 0.274 e. The van der Waals surface area contributed by atoms with Crippen LogP contribution in [0.1, 0.15) is 44.0 Å². The number of alkyl halides is 2. The second-order valence-electron chi connectivity index (χ2n) is 9.04. The van der Waals surface area contributed by atoms with E-state index in [-0.39, 0.29) is 17.4 Å². The van der Waals surface area contributed by atoms with Gasteiger partial charge in [0.05, 0.1) is 30.5 Å². The van der Waals surface area contributed by atoms with E-state index in [4.69, 9.17) is 15.6 Å². The van der Waals surface area contributed by atoms with Crippen LogP contribution in [0.2, 0.25) is 0 Å². The van der Waals surface area contributed by atoms with Crippen LogP contribution in [0.15, 0.2) is 18.3 Å². The van der Waals surface area contributed by atoms with Gasteiger partial charge in [-0.15, -0.1) is 0 Å². The van der Waals surface area contributed by atoms with Crippen molar-refractivity contribution in [1.82, 2.24) is 19.7 Å². The summed E-state index contributed by atoms with van der Waals surface area (Å²) in [7, 11) is 0. The summed E-state index contributed by atoms with van der Waals surface area (Å²) in [5.74, 6) is -1.39. The number of anilines is 1. The van der Waals surface area contributed by atoms with E-state index in [0.29, 0.717) is 35.1 Å². The molecule has 2 aliphatic heterocycles. The first-order chi connectivity index (χ1) is 13.7. The Kier molecular flexibility index (Phi) is 4.22. The van der Waals surface area contributed by atoms with E-state index < -0.39 is 5.92 Å². The number of pyridine rings is 1. The highest BCUT2D eigenvalue weighted by molar-refractivity contribution is 5.63. The monoisotopic (exact) mass is 403 g/mol. The molecule has 1 aliphatic carbocycles. The number of ether oxygens (including phenoxy) is 1. The van der Waals surface area contributed by atoms with E-state index >= 15 is 0 Å². The van der Waals surface area contributed by atoms with Crippen molar-refractivity contribution in [2.75, 3.05) is 32.0 Å². The number of nitrogen functional groups attached to an aromatic ring is 1. The summed E-state index contributed by atoms with van der Waals surface area (Å²) in [6.07, 6.45) is 1.54. The van der Waals surface area contributed by atoms with Gasteiger partial charge in [-0.3, -0.25) is 9.58 Å². The third-order valence-electron chi connectivity index (χ3n) is 6.64. The number of nitrogens with two attached hydrogens (primary N) is 1. The Hall–Kier alpha value is -2.06. The van der Waals surface area contributed by atoms with Crippen LogP contribution in [0.5, 0.6) is 0 Å². The molecule has 5 rings (SSSR count). The normalized spacial score (nSPS) is 27.3. The van der Waals surface area contributed by atoms with E-state index in [1.165, 1.54) is 18.0 Å². The van der Waals surface area contributed by atoms with E-state index in [0.717, 1.165) is 33.2 Å². The Morgan fingerprint density at radius 1 is 1.21 bits per heavy atom. The van der Waals surface area contributed by atoms with Gasteiger partial charge >= 0.3 is 0 Å². The van der Waals surface area contributed by atoms with Crippen molar-refractivity contribution in [2.24, 2.45) is 11.8 Å². The first-order valence-corrected chi connectivity index (χ1v) is 10.3. The van der Waals surface area contributed by atoms with Gasteiger partial charge in [-0.2, -0.15) is 5.10 Å². The number of hydrogen-bond acceptors (Lipinski definition) is 5. The number of piperidine rings is 1. The minimum Gasteiger partial charge on any atom is -0.383 e. The second kappa shape index (κ2) is 6.47. The predicted molar refractivity (Wildman–Crippen MR) is 106 cm³/mol. The van der Waals surface area contributed by atoms with Gasteiger partial charge in [-0.1, -0.05) is 0 Å². The largest absolute Gasteiger partial charge is 0.383 e. The summed E-state index contributed by atoms with van der Waals surface area (Å²) in [6, 6.07) is 4.27. The number of likely N-dealkylation sites (tertiary alicyclic amines) is 1. The molecule has 4 heterocycles. The molecule has 0 radical (unpaired) electrons. The lowest BCUT2D eigenvalue weighted by atomic mass is 10.1. The lowest BCUT2D eigenvalue weighted by molar-refractivity contribution is -0.0610. The highest BCUT2D eigenvalue weighted by Gasteiger charge is 2.58. The molecule has 1 saturated carbocycles. The van der Waals surface area contributed by atoms with Gasteiger partial charge in [-0.05, 0) is 37.8 Å². The fourth-order valence-corrected chi connectivity index (χ4v) is 4.91. The zero-order chi connectivity index (χ0) is 20.5. The number of fused-ring (bicyclic) bond motifs is 1. The molecule has 156 valence electrons. The minimum atomic E-state index is -3.04. The van der Waals surface area contributed by atoms with Crippen LogP contribution in [0.4, 0.5) is 14.6 Å². The van der Waals surface area contributed by atoms with Crippen molar-refractivity contribution < 1.29 is 13.5 Å². The number of nitrogens with zero attached hydrogens (tertiary/aromatic N) is 4. The van der Waals surface area contributed by atoms with Crippen molar-refractivity contribution in [3.8, 4) is 11.3 Å². The molecule has 3 aliphatic rings. The van der Waals surface area contributed by atoms with Gasteiger partial charge in [0.1, 0.15) is 5.82 Å². The van der Waals surface area contributed by atoms with Gasteiger partial charge in [-0.25, -0.2) is 13.8 Å². The topological polar surface area (TPSA) is 69.2 Å². The summed E-state index contributed by atoms with van der Waals surface area (Å²) in [5, 5.41) is 4.76. The Morgan fingerprint density at radius 2 is 1.90 bits per heavy atom. The first-order valence-electron chi connectivity index (χ1n) is 10.3. The van der Waals surface area contributed by atoms with E-state index in [2.05, 4.69) is 34.5 Å². The number of halogens is 2. The van der Waals surface area contributed by atoms with E-state index in [1.54, 1.807) is 0 Å². The Labute approximate surface area is 169 Å². The molecule has 2 N–H and O–H groups in total. The zero-order valence-electron chi connectivity index (χ0n) is 17.0. The molecule has 6 nitrogen and oxygen atoms in total. The molecule has 0 spiro atoms. The maximum atomic E-state index is 13.9. The molecule has 3 atom stereocenters. The van der Waals surface area contributed by atoms with E-state index in [9.17, 15) is 8.78 Å². The molecule has 2 saturated heterocycles. The zero-order valence-corrected chi connectivity index (χ0v) is 17.0. The molecule has 2 aromatic heterocycles. The van der Waals surface area contributed by atoms with Crippen LogP contribution >= 0.6 is 0 Å². The number of rotatable bonds is 5. The lowest BCUT2D eigenvalue weighted by Gasteiger charge is -2.35.